The van der Waals surface area contributed by atoms with E-state index in [1.165, 1.54) is 25.1 Å². The highest BCUT2D eigenvalue weighted by Gasteiger charge is 2.30. The van der Waals surface area contributed by atoms with Gasteiger partial charge in [-0.3, -0.25) is 4.79 Å². The molecule has 0 heterocycles. The maximum Gasteiger partial charge on any atom is 0.416 e. The Kier molecular flexibility index (Phi) is 6.39. The lowest BCUT2D eigenvalue weighted by Gasteiger charge is -2.13. The summed E-state index contributed by atoms with van der Waals surface area (Å²) < 4.78 is 43.0. The molecule has 4 nitrogen and oxygen atoms in total. The van der Waals surface area contributed by atoms with Crippen molar-refractivity contribution in [3.63, 3.8) is 0 Å². The summed E-state index contributed by atoms with van der Waals surface area (Å²) in [6, 6.07) is 11.6. The summed E-state index contributed by atoms with van der Waals surface area (Å²) in [6.07, 6.45) is -3.36. The van der Waals surface area contributed by atoms with Gasteiger partial charge in [0.1, 0.15) is 0 Å². The Morgan fingerprint density at radius 1 is 1.11 bits per heavy atom. The number of aryl methyl sites for hydroxylation is 1. The van der Waals surface area contributed by atoms with Crippen molar-refractivity contribution in [2.24, 2.45) is 0 Å². The number of hydrogen-bond acceptors (Lipinski definition) is 3. The van der Waals surface area contributed by atoms with Gasteiger partial charge in [-0.15, -0.1) is 0 Å². The molecule has 1 N–H and O–H groups in total. The van der Waals surface area contributed by atoms with Crippen molar-refractivity contribution in [3.8, 4) is 0 Å². The maximum absolute atomic E-state index is 12.7. The van der Waals surface area contributed by atoms with E-state index in [0.29, 0.717) is 5.69 Å². The Hall–Kier alpha value is -3.09. The quantitative estimate of drug-likeness (QED) is 0.612. The third-order valence-electron chi connectivity index (χ3n) is 3.69. The number of para-hydroxylation sites is 1. The van der Waals surface area contributed by atoms with Crippen LogP contribution in [0.1, 0.15) is 23.6 Å². The lowest BCUT2D eigenvalue weighted by atomic mass is 10.1. The van der Waals surface area contributed by atoms with Crippen molar-refractivity contribution in [3.05, 3.63) is 71.3 Å². The molecule has 0 aliphatic rings. The third kappa shape index (κ3) is 5.99. The first kappa shape index (κ1) is 20.2. The average molecular weight is 377 g/mol. The average Bonchev–Trinajstić information content (AvgIpc) is 2.61. The van der Waals surface area contributed by atoms with Crippen molar-refractivity contribution < 1.29 is 27.5 Å². The first-order valence-electron chi connectivity index (χ1n) is 8.09. The largest absolute Gasteiger partial charge is 0.449 e. The number of rotatable bonds is 5. The molecule has 142 valence electrons. The lowest BCUT2D eigenvalue weighted by Crippen LogP contribution is -2.29. The molecule has 1 unspecified atom stereocenters. The number of alkyl halides is 3. The summed E-state index contributed by atoms with van der Waals surface area (Å²) in [6.45, 7) is 3.23. The van der Waals surface area contributed by atoms with Crippen molar-refractivity contribution >= 4 is 23.6 Å². The molecule has 0 aliphatic heterocycles. The number of carbonyl (C=O) groups is 2. The van der Waals surface area contributed by atoms with Crippen molar-refractivity contribution in [2.45, 2.75) is 26.1 Å². The summed E-state index contributed by atoms with van der Waals surface area (Å²) in [5.74, 6) is -1.34. The number of halogens is 3. The van der Waals surface area contributed by atoms with Crippen LogP contribution in [0.25, 0.3) is 6.08 Å². The Balaban J connectivity index is 1.95. The van der Waals surface area contributed by atoms with E-state index in [0.717, 1.165) is 23.8 Å². The van der Waals surface area contributed by atoms with Gasteiger partial charge in [0.15, 0.2) is 6.10 Å². The van der Waals surface area contributed by atoms with E-state index >= 15 is 0 Å². The van der Waals surface area contributed by atoms with Gasteiger partial charge in [-0.05, 0) is 49.2 Å². The lowest BCUT2D eigenvalue weighted by molar-refractivity contribution is -0.148. The number of hydrogen-bond donors (Lipinski definition) is 1. The molecule has 0 saturated heterocycles. The van der Waals surface area contributed by atoms with Crippen LogP contribution in [0.3, 0.4) is 0 Å². The molecule has 7 heteroatoms. The third-order valence-corrected chi connectivity index (χ3v) is 3.69. The minimum absolute atomic E-state index is 0.193. The smallest absolute Gasteiger partial charge is 0.416 e. The second-order valence-electron chi connectivity index (χ2n) is 5.84. The van der Waals surface area contributed by atoms with Crippen LogP contribution in [0.2, 0.25) is 0 Å². The molecule has 2 aromatic carbocycles. The number of ether oxygens (including phenoxy) is 1. The van der Waals surface area contributed by atoms with Crippen LogP contribution < -0.4 is 5.32 Å². The molecule has 0 spiro atoms. The number of nitrogens with one attached hydrogen (secondary N) is 1. The fraction of sp³-hybridized carbons (Fsp3) is 0.200. The minimum Gasteiger partial charge on any atom is -0.449 e. The van der Waals surface area contributed by atoms with Crippen LogP contribution in [0.5, 0.6) is 0 Å². The number of carbonyl (C=O) groups excluding carboxylic acids is 2. The molecular weight excluding hydrogens is 359 g/mol. The number of benzene rings is 2. The molecular formula is C20H18F3NO3. The van der Waals surface area contributed by atoms with Gasteiger partial charge in [0, 0.05) is 11.8 Å². The molecule has 1 atom stereocenters. The normalized spacial score (nSPS) is 12.6. The molecule has 2 aromatic rings. The van der Waals surface area contributed by atoms with Gasteiger partial charge in [0.05, 0.1) is 5.56 Å². The second-order valence-corrected chi connectivity index (χ2v) is 5.84. The summed E-state index contributed by atoms with van der Waals surface area (Å²) in [4.78, 5) is 23.9. The number of esters is 1. The molecule has 2 rings (SSSR count). The molecule has 0 aliphatic carbocycles. The zero-order valence-electron chi connectivity index (χ0n) is 14.7. The molecule has 0 fully saturated rings. The van der Waals surface area contributed by atoms with E-state index in [-0.39, 0.29) is 5.56 Å². The van der Waals surface area contributed by atoms with Crippen LogP contribution in [0.15, 0.2) is 54.6 Å². The van der Waals surface area contributed by atoms with Crippen molar-refractivity contribution in [1.82, 2.24) is 0 Å². The second kappa shape index (κ2) is 8.53. The molecule has 1 amide bonds. The molecule has 0 saturated carbocycles. The van der Waals surface area contributed by atoms with Gasteiger partial charge in [-0.2, -0.15) is 13.2 Å². The highest BCUT2D eigenvalue weighted by Crippen LogP contribution is 2.29. The van der Waals surface area contributed by atoms with Crippen LogP contribution in [0.4, 0.5) is 18.9 Å². The van der Waals surface area contributed by atoms with Crippen LogP contribution in [0, 0.1) is 6.92 Å². The van der Waals surface area contributed by atoms with E-state index in [1.54, 1.807) is 12.1 Å². The van der Waals surface area contributed by atoms with Crippen LogP contribution >= 0.6 is 0 Å². The van der Waals surface area contributed by atoms with Gasteiger partial charge in [0.2, 0.25) is 0 Å². The van der Waals surface area contributed by atoms with Gasteiger partial charge in [-0.1, -0.05) is 30.3 Å². The van der Waals surface area contributed by atoms with Gasteiger partial charge >= 0.3 is 12.1 Å². The Morgan fingerprint density at radius 3 is 2.48 bits per heavy atom. The predicted molar refractivity (Wildman–Crippen MR) is 95.8 cm³/mol. The zero-order valence-corrected chi connectivity index (χ0v) is 14.7. The zero-order chi connectivity index (χ0) is 20.0. The first-order valence-corrected chi connectivity index (χ1v) is 8.09. The van der Waals surface area contributed by atoms with Gasteiger partial charge < -0.3 is 10.1 Å². The van der Waals surface area contributed by atoms with Gasteiger partial charge in [-0.25, -0.2) is 4.79 Å². The molecule has 0 bridgehead atoms. The SMILES string of the molecule is Cc1ccccc1NC(=O)C(C)OC(=O)/C=C/c1cccc(C(F)(F)F)c1. The Labute approximate surface area is 154 Å². The summed E-state index contributed by atoms with van der Waals surface area (Å²) in [5, 5.41) is 2.65. The molecule has 0 radical (unpaired) electrons. The van der Waals surface area contributed by atoms with Crippen LogP contribution in [-0.4, -0.2) is 18.0 Å². The van der Waals surface area contributed by atoms with E-state index in [1.807, 2.05) is 19.1 Å². The van der Waals surface area contributed by atoms with E-state index < -0.39 is 29.7 Å². The molecule has 27 heavy (non-hydrogen) atoms. The minimum atomic E-state index is -4.47. The number of anilines is 1. The highest BCUT2D eigenvalue weighted by molar-refractivity contribution is 5.97. The Morgan fingerprint density at radius 2 is 1.81 bits per heavy atom. The predicted octanol–water partition coefficient (Wildman–Crippen LogP) is 4.60. The summed E-state index contributed by atoms with van der Waals surface area (Å²) in [5.41, 5.74) is 0.835. The fourth-order valence-electron chi connectivity index (χ4n) is 2.20. The number of amides is 1. The highest BCUT2D eigenvalue weighted by atomic mass is 19.4. The standard InChI is InChI=1S/C20H18F3NO3/c1-13-6-3-4-9-17(13)24-19(26)14(2)27-18(25)11-10-15-7-5-8-16(12-15)20(21,22)23/h3-12,14H,1-2H3,(H,24,26)/b11-10+. The van der Waals surface area contributed by atoms with Crippen molar-refractivity contribution in [1.29, 1.82) is 0 Å². The van der Waals surface area contributed by atoms with E-state index in [4.69, 9.17) is 4.74 Å². The van der Waals surface area contributed by atoms with Crippen molar-refractivity contribution in [2.75, 3.05) is 5.32 Å². The summed E-state index contributed by atoms with van der Waals surface area (Å²) in [7, 11) is 0. The topological polar surface area (TPSA) is 55.4 Å². The Bertz CT molecular complexity index is 860. The van der Waals surface area contributed by atoms with Crippen LogP contribution in [-0.2, 0) is 20.5 Å². The van der Waals surface area contributed by atoms with E-state index in [2.05, 4.69) is 5.32 Å². The monoisotopic (exact) mass is 377 g/mol. The maximum atomic E-state index is 12.7. The van der Waals surface area contributed by atoms with Gasteiger partial charge in [0.25, 0.3) is 5.91 Å². The molecule has 0 aromatic heterocycles. The van der Waals surface area contributed by atoms with E-state index in [9.17, 15) is 22.8 Å². The first-order chi connectivity index (χ1) is 12.7. The fourth-order valence-corrected chi connectivity index (χ4v) is 2.20. The summed E-state index contributed by atoms with van der Waals surface area (Å²) >= 11 is 0.